The fourth-order valence-electron chi connectivity index (χ4n) is 8.72. The van der Waals surface area contributed by atoms with Crippen LogP contribution >= 0.6 is 0 Å². The molecule has 1 N–H and O–H groups in total. The van der Waals surface area contributed by atoms with Crippen LogP contribution in [0.25, 0.3) is 0 Å². The van der Waals surface area contributed by atoms with E-state index >= 15 is 0 Å². The first kappa shape index (κ1) is 19.0. The molecule has 7 unspecified atom stereocenters. The highest BCUT2D eigenvalue weighted by molar-refractivity contribution is 5.79. The number of aliphatic hydroxyl groups excluding tert-OH is 1. The van der Waals surface area contributed by atoms with Crippen LogP contribution in [0, 0.1) is 46.3 Å². The van der Waals surface area contributed by atoms with Gasteiger partial charge < -0.3 is 5.11 Å². The zero-order valence-electron chi connectivity index (χ0n) is 17.5. The van der Waals surface area contributed by atoms with Gasteiger partial charge in [0.05, 0.1) is 6.10 Å². The van der Waals surface area contributed by atoms with E-state index in [4.69, 9.17) is 0 Å². The standard InChI is InChI=1S/C24H40O2/c1-5-6-15(2)18-7-8-19-17-14-22(26)21-13-16(25)9-11-24(21,4)20(17)10-12-23(18,19)3/h15,17-22,26H,5-14H2,1-4H3/t15?,17?,18?,19?,20?,21?,22?,23-,24-/m1/s1. The van der Waals surface area contributed by atoms with Crippen molar-refractivity contribution < 1.29 is 9.90 Å². The van der Waals surface area contributed by atoms with Crippen molar-refractivity contribution in [2.75, 3.05) is 0 Å². The molecule has 2 nitrogen and oxygen atoms in total. The maximum absolute atomic E-state index is 12.1. The van der Waals surface area contributed by atoms with Gasteiger partial charge in [0.1, 0.15) is 5.78 Å². The second-order valence-electron chi connectivity index (χ2n) is 11.0. The Morgan fingerprint density at radius 3 is 2.54 bits per heavy atom. The molecule has 0 bridgehead atoms. The minimum atomic E-state index is -0.250. The first-order valence-electron chi connectivity index (χ1n) is 11.5. The molecule has 4 aliphatic carbocycles. The zero-order chi connectivity index (χ0) is 18.7. The third kappa shape index (κ3) is 2.65. The summed E-state index contributed by atoms with van der Waals surface area (Å²) < 4.78 is 0. The van der Waals surface area contributed by atoms with Crippen molar-refractivity contribution in [2.24, 2.45) is 46.3 Å². The van der Waals surface area contributed by atoms with Crippen LogP contribution in [0.2, 0.25) is 0 Å². The van der Waals surface area contributed by atoms with Crippen molar-refractivity contribution in [3.05, 3.63) is 0 Å². The highest BCUT2D eigenvalue weighted by atomic mass is 16.3. The van der Waals surface area contributed by atoms with Gasteiger partial charge in [-0.2, -0.15) is 0 Å². The van der Waals surface area contributed by atoms with Crippen LogP contribution in [-0.4, -0.2) is 17.0 Å². The van der Waals surface area contributed by atoms with E-state index in [1.54, 1.807) is 0 Å². The van der Waals surface area contributed by atoms with Crippen molar-refractivity contribution in [1.82, 2.24) is 0 Å². The van der Waals surface area contributed by atoms with Gasteiger partial charge in [-0.25, -0.2) is 0 Å². The normalized spacial score (nSPS) is 52.1. The lowest BCUT2D eigenvalue weighted by atomic mass is 9.44. The Bertz CT molecular complexity index is 556. The molecule has 0 amide bonds. The number of hydrogen-bond acceptors (Lipinski definition) is 2. The molecule has 26 heavy (non-hydrogen) atoms. The quantitative estimate of drug-likeness (QED) is 0.709. The molecule has 0 aromatic heterocycles. The Morgan fingerprint density at radius 2 is 1.81 bits per heavy atom. The number of hydrogen-bond donors (Lipinski definition) is 1. The van der Waals surface area contributed by atoms with E-state index in [-0.39, 0.29) is 17.4 Å². The molecular weight excluding hydrogens is 320 g/mol. The van der Waals surface area contributed by atoms with E-state index < -0.39 is 0 Å². The molecule has 9 atom stereocenters. The third-order valence-electron chi connectivity index (χ3n) is 10.0. The van der Waals surface area contributed by atoms with Gasteiger partial charge in [-0.05, 0) is 84.9 Å². The molecule has 0 aliphatic heterocycles. The van der Waals surface area contributed by atoms with Crippen LogP contribution in [-0.2, 0) is 4.79 Å². The summed E-state index contributed by atoms with van der Waals surface area (Å²) in [6, 6.07) is 0. The number of rotatable bonds is 3. The highest BCUT2D eigenvalue weighted by Crippen LogP contribution is 2.68. The third-order valence-corrected chi connectivity index (χ3v) is 10.0. The Morgan fingerprint density at radius 1 is 1.08 bits per heavy atom. The molecule has 0 aromatic rings. The lowest BCUT2D eigenvalue weighted by Crippen LogP contribution is -2.58. The molecule has 4 saturated carbocycles. The van der Waals surface area contributed by atoms with E-state index in [1.807, 2.05) is 0 Å². The van der Waals surface area contributed by atoms with Crippen LogP contribution in [0.5, 0.6) is 0 Å². The van der Waals surface area contributed by atoms with E-state index in [0.29, 0.717) is 23.5 Å². The average molecular weight is 361 g/mol. The minimum absolute atomic E-state index is 0.199. The Kier molecular flexibility index (Phi) is 4.82. The molecule has 148 valence electrons. The van der Waals surface area contributed by atoms with Crippen LogP contribution in [0.15, 0.2) is 0 Å². The molecule has 4 aliphatic rings. The predicted molar refractivity (Wildman–Crippen MR) is 106 cm³/mol. The molecular formula is C24H40O2. The highest BCUT2D eigenvalue weighted by Gasteiger charge is 2.62. The number of fused-ring (bicyclic) bond motifs is 5. The monoisotopic (exact) mass is 360 g/mol. The largest absolute Gasteiger partial charge is 0.393 e. The van der Waals surface area contributed by atoms with Gasteiger partial charge in [-0.1, -0.05) is 40.5 Å². The van der Waals surface area contributed by atoms with Crippen molar-refractivity contribution in [3.63, 3.8) is 0 Å². The molecule has 4 rings (SSSR count). The summed E-state index contributed by atoms with van der Waals surface area (Å²) in [4.78, 5) is 12.1. The Hall–Kier alpha value is -0.370. The van der Waals surface area contributed by atoms with E-state index in [2.05, 4.69) is 27.7 Å². The Balaban J connectivity index is 1.60. The van der Waals surface area contributed by atoms with E-state index in [1.165, 1.54) is 38.5 Å². The average Bonchev–Trinajstić information content (AvgIpc) is 2.94. The van der Waals surface area contributed by atoms with Crippen molar-refractivity contribution in [3.8, 4) is 0 Å². The number of aliphatic hydroxyl groups is 1. The zero-order valence-corrected chi connectivity index (χ0v) is 17.5. The van der Waals surface area contributed by atoms with Gasteiger partial charge in [0.25, 0.3) is 0 Å². The molecule has 0 saturated heterocycles. The number of carbonyl (C=O) groups excluding carboxylic acids is 1. The first-order valence-corrected chi connectivity index (χ1v) is 11.5. The number of ketones is 1. The summed E-state index contributed by atoms with van der Waals surface area (Å²) in [6.07, 6.45) is 11.3. The fourth-order valence-corrected chi connectivity index (χ4v) is 8.72. The van der Waals surface area contributed by atoms with Gasteiger partial charge in [0.15, 0.2) is 0 Å². The summed E-state index contributed by atoms with van der Waals surface area (Å²) in [5, 5.41) is 11.0. The van der Waals surface area contributed by atoms with Gasteiger partial charge in [-0.15, -0.1) is 0 Å². The summed E-state index contributed by atoms with van der Waals surface area (Å²) >= 11 is 0. The number of Topliss-reactive ketones (excluding diaryl/α,β-unsaturated/α-hetero) is 1. The second kappa shape index (κ2) is 6.61. The van der Waals surface area contributed by atoms with Crippen LogP contribution < -0.4 is 0 Å². The molecule has 0 heterocycles. The maximum Gasteiger partial charge on any atom is 0.133 e. The van der Waals surface area contributed by atoms with Gasteiger partial charge in [0, 0.05) is 12.8 Å². The van der Waals surface area contributed by atoms with Gasteiger partial charge in [-0.3, -0.25) is 4.79 Å². The SMILES string of the molecule is CCCC(C)C1CCC2C3CC(O)C4CC(=O)CC[C@]4(C)C3CC[C@]12C. The van der Waals surface area contributed by atoms with Gasteiger partial charge in [0.2, 0.25) is 0 Å². The fraction of sp³-hybridized carbons (Fsp3) is 0.958. The molecule has 4 fully saturated rings. The Labute approximate surface area is 160 Å². The molecule has 0 spiro atoms. The van der Waals surface area contributed by atoms with Crippen LogP contribution in [0.1, 0.15) is 91.9 Å². The number of carbonyl (C=O) groups is 1. The van der Waals surface area contributed by atoms with E-state index in [9.17, 15) is 9.90 Å². The molecule has 2 heteroatoms. The van der Waals surface area contributed by atoms with Gasteiger partial charge >= 0.3 is 0 Å². The van der Waals surface area contributed by atoms with E-state index in [0.717, 1.165) is 42.9 Å². The minimum Gasteiger partial charge on any atom is -0.393 e. The van der Waals surface area contributed by atoms with Crippen molar-refractivity contribution >= 4 is 5.78 Å². The first-order chi connectivity index (χ1) is 12.3. The van der Waals surface area contributed by atoms with Crippen LogP contribution in [0.4, 0.5) is 0 Å². The maximum atomic E-state index is 12.1. The summed E-state index contributed by atoms with van der Waals surface area (Å²) in [5.74, 6) is 4.57. The predicted octanol–water partition coefficient (Wildman–Crippen LogP) is 5.62. The lowest BCUT2D eigenvalue weighted by Gasteiger charge is -2.61. The van der Waals surface area contributed by atoms with Crippen LogP contribution in [0.3, 0.4) is 0 Å². The molecule has 0 radical (unpaired) electrons. The second-order valence-corrected chi connectivity index (χ2v) is 11.0. The van der Waals surface area contributed by atoms with Crippen molar-refractivity contribution in [1.29, 1.82) is 0 Å². The summed E-state index contributed by atoms with van der Waals surface area (Å²) in [6.45, 7) is 9.85. The summed E-state index contributed by atoms with van der Waals surface area (Å²) in [7, 11) is 0. The topological polar surface area (TPSA) is 37.3 Å². The smallest absolute Gasteiger partial charge is 0.133 e. The summed E-state index contributed by atoms with van der Waals surface area (Å²) in [5.41, 5.74) is 0.688. The van der Waals surface area contributed by atoms with Crippen molar-refractivity contribution in [2.45, 2.75) is 98.0 Å². The lowest BCUT2D eigenvalue weighted by molar-refractivity contribution is -0.166. The molecule has 0 aromatic carbocycles.